The van der Waals surface area contributed by atoms with Crippen LogP contribution in [-0.4, -0.2) is 13.1 Å². The zero-order chi connectivity index (χ0) is 8.69. The SMILES string of the molecule is CCCC#CC(C)C(=O)OC. The Labute approximate surface area is 67.9 Å². The standard InChI is InChI=1S/C9H14O2/c1-4-5-6-7-8(2)9(10)11-3/h8H,4-5H2,1-3H3. The van der Waals surface area contributed by atoms with Gasteiger partial charge in [0.1, 0.15) is 5.92 Å². The summed E-state index contributed by atoms with van der Waals surface area (Å²) in [7, 11) is 1.38. The molecule has 1 unspecified atom stereocenters. The van der Waals surface area contributed by atoms with Crippen molar-refractivity contribution >= 4 is 5.97 Å². The first-order chi connectivity index (χ1) is 5.22. The molecule has 0 heterocycles. The van der Waals surface area contributed by atoms with Gasteiger partial charge in [0.2, 0.25) is 0 Å². The summed E-state index contributed by atoms with van der Waals surface area (Å²) in [5.74, 6) is 5.17. The lowest BCUT2D eigenvalue weighted by molar-refractivity contribution is -0.142. The smallest absolute Gasteiger partial charge is 0.320 e. The van der Waals surface area contributed by atoms with Crippen LogP contribution in [0.2, 0.25) is 0 Å². The van der Waals surface area contributed by atoms with E-state index in [1.807, 2.05) is 0 Å². The Morgan fingerprint density at radius 3 is 2.73 bits per heavy atom. The molecule has 0 rings (SSSR count). The number of hydrogen-bond acceptors (Lipinski definition) is 2. The summed E-state index contributed by atoms with van der Waals surface area (Å²) in [6.07, 6.45) is 1.88. The van der Waals surface area contributed by atoms with Gasteiger partial charge in [-0.05, 0) is 13.3 Å². The molecule has 11 heavy (non-hydrogen) atoms. The Kier molecular flexibility index (Phi) is 5.28. The molecule has 2 heteroatoms. The van der Waals surface area contributed by atoms with Gasteiger partial charge in [-0.15, -0.1) is 5.92 Å². The van der Waals surface area contributed by atoms with Crippen LogP contribution < -0.4 is 0 Å². The third-order valence-electron chi connectivity index (χ3n) is 1.25. The van der Waals surface area contributed by atoms with Gasteiger partial charge < -0.3 is 4.74 Å². The number of rotatable bonds is 2. The Morgan fingerprint density at radius 2 is 2.27 bits per heavy atom. The number of hydrogen-bond donors (Lipinski definition) is 0. The van der Waals surface area contributed by atoms with Gasteiger partial charge in [-0.1, -0.05) is 12.8 Å². The second-order valence-corrected chi connectivity index (χ2v) is 2.32. The fourth-order valence-corrected chi connectivity index (χ4v) is 0.586. The van der Waals surface area contributed by atoms with Gasteiger partial charge in [0, 0.05) is 6.42 Å². The number of esters is 1. The second-order valence-electron chi connectivity index (χ2n) is 2.32. The molecule has 1 atom stereocenters. The predicted octanol–water partition coefficient (Wildman–Crippen LogP) is 1.60. The maximum Gasteiger partial charge on any atom is 0.320 e. The lowest BCUT2D eigenvalue weighted by Crippen LogP contribution is -2.10. The lowest BCUT2D eigenvalue weighted by Gasteiger charge is -1.98. The molecule has 0 saturated heterocycles. The van der Waals surface area contributed by atoms with Crippen molar-refractivity contribution in [2.75, 3.05) is 7.11 Å². The van der Waals surface area contributed by atoms with Gasteiger partial charge in [-0.25, -0.2) is 0 Å². The minimum absolute atomic E-state index is 0.256. The van der Waals surface area contributed by atoms with Crippen molar-refractivity contribution in [2.45, 2.75) is 26.7 Å². The van der Waals surface area contributed by atoms with Crippen molar-refractivity contribution in [3.8, 4) is 11.8 Å². The van der Waals surface area contributed by atoms with E-state index in [-0.39, 0.29) is 11.9 Å². The summed E-state index contributed by atoms with van der Waals surface area (Å²) in [5, 5.41) is 0. The number of ether oxygens (including phenoxy) is 1. The van der Waals surface area contributed by atoms with E-state index in [9.17, 15) is 4.79 Å². The maximum absolute atomic E-state index is 10.8. The van der Waals surface area contributed by atoms with Crippen LogP contribution in [0.3, 0.4) is 0 Å². The Morgan fingerprint density at radius 1 is 1.64 bits per heavy atom. The monoisotopic (exact) mass is 154 g/mol. The van der Waals surface area contributed by atoms with E-state index >= 15 is 0 Å². The van der Waals surface area contributed by atoms with Crippen LogP contribution in [0.4, 0.5) is 0 Å². The number of methoxy groups -OCH3 is 1. The van der Waals surface area contributed by atoms with Gasteiger partial charge in [0.05, 0.1) is 7.11 Å². The fourth-order valence-electron chi connectivity index (χ4n) is 0.586. The van der Waals surface area contributed by atoms with E-state index < -0.39 is 0 Å². The summed E-state index contributed by atoms with van der Waals surface area (Å²) in [5.41, 5.74) is 0. The second kappa shape index (κ2) is 5.79. The average molecular weight is 154 g/mol. The highest BCUT2D eigenvalue weighted by Crippen LogP contribution is 1.95. The van der Waals surface area contributed by atoms with E-state index in [0.717, 1.165) is 12.8 Å². The highest BCUT2D eigenvalue weighted by Gasteiger charge is 2.07. The highest BCUT2D eigenvalue weighted by molar-refractivity contribution is 5.75. The van der Waals surface area contributed by atoms with E-state index in [2.05, 4.69) is 23.5 Å². The molecule has 0 N–H and O–H groups in total. The number of carbonyl (C=O) groups is 1. The zero-order valence-electron chi connectivity index (χ0n) is 7.31. The summed E-state index contributed by atoms with van der Waals surface area (Å²) >= 11 is 0. The normalized spacial score (nSPS) is 11.2. The van der Waals surface area contributed by atoms with Gasteiger partial charge >= 0.3 is 5.97 Å². The van der Waals surface area contributed by atoms with E-state index in [1.165, 1.54) is 7.11 Å². The quantitative estimate of drug-likeness (QED) is 0.446. The molecule has 0 aromatic heterocycles. The molecule has 0 bridgehead atoms. The van der Waals surface area contributed by atoms with Gasteiger partial charge in [-0.3, -0.25) is 4.79 Å². The van der Waals surface area contributed by atoms with Crippen molar-refractivity contribution in [3.63, 3.8) is 0 Å². The topological polar surface area (TPSA) is 26.3 Å². The van der Waals surface area contributed by atoms with E-state index in [4.69, 9.17) is 0 Å². The average Bonchev–Trinajstić information content (AvgIpc) is 2.03. The minimum Gasteiger partial charge on any atom is -0.468 e. The molecular formula is C9H14O2. The number of carbonyl (C=O) groups excluding carboxylic acids is 1. The van der Waals surface area contributed by atoms with Crippen molar-refractivity contribution in [1.82, 2.24) is 0 Å². The summed E-state index contributed by atoms with van der Waals surface area (Å²) in [6.45, 7) is 3.80. The Hall–Kier alpha value is -0.970. The first-order valence-corrected chi connectivity index (χ1v) is 3.78. The van der Waals surface area contributed by atoms with Crippen molar-refractivity contribution < 1.29 is 9.53 Å². The zero-order valence-corrected chi connectivity index (χ0v) is 7.31. The predicted molar refractivity (Wildman–Crippen MR) is 43.9 cm³/mol. The molecule has 0 amide bonds. The van der Waals surface area contributed by atoms with Crippen LogP contribution in [0.5, 0.6) is 0 Å². The maximum atomic E-state index is 10.8. The molecule has 0 aromatic carbocycles. The third-order valence-corrected chi connectivity index (χ3v) is 1.25. The lowest BCUT2D eigenvalue weighted by atomic mass is 10.2. The molecule has 0 fully saturated rings. The van der Waals surface area contributed by atoms with Crippen LogP contribution in [-0.2, 0) is 9.53 Å². The van der Waals surface area contributed by atoms with Crippen LogP contribution in [0.25, 0.3) is 0 Å². The molecule has 0 spiro atoms. The third kappa shape index (κ3) is 4.44. The van der Waals surface area contributed by atoms with E-state index in [0.29, 0.717) is 0 Å². The van der Waals surface area contributed by atoms with Crippen LogP contribution in [0.15, 0.2) is 0 Å². The summed E-state index contributed by atoms with van der Waals surface area (Å²) < 4.78 is 4.50. The molecule has 0 saturated carbocycles. The van der Waals surface area contributed by atoms with Crippen molar-refractivity contribution in [3.05, 3.63) is 0 Å². The number of unbranched alkanes of at least 4 members (excludes halogenated alkanes) is 1. The fraction of sp³-hybridized carbons (Fsp3) is 0.667. The molecule has 0 radical (unpaired) electrons. The van der Waals surface area contributed by atoms with Gasteiger partial charge in [0.25, 0.3) is 0 Å². The first kappa shape index (κ1) is 10.0. The molecule has 2 nitrogen and oxygen atoms in total. The molecule has 62 valence electrons. The molecular weight excluding hydrogens is 140 g/mol. The van der Waals surface area contributed by atoms with Crippen LogP contribution >= 0.6 is 0 Å². The first-order valence-electron chi connectivity index (χ1n) is 3.78. The molecule has 0 aliphatic heterocycles. The van der Waals surface area contributed by atoms with E-state index in [1.54, 1.807) is 6.92 Å². The van der Waals surface area contributed by atoms with Crippen molar-refractivity contribution in [1.29, 1.82) is 0 Å². The molecule has 0 aliphatic rings. The largest absolute Gasteiger partial charge is 0.468 e. The van der Waals surface area contributed by atoms with Crippen LogP contribution in [0, 0.1) is 17.8 Å². The highest BCUT2D eigenvalue weighted by atomic mass is 16.5. The molecule has 0 aromatic rings. The van der Waals surface area contributed by atoms with Crippen LogP contribution in [0.1, 0.15) is 26.7 Å². The van der Waals surface area contributed by atoms with Gasteiger partial charge in [-0.2, -0.15) is 0 Å². The summed E-state index contributed by atoms with van der Waals surface area (Å²) in [6, 6.07) is 0. The Balaban J connectivity index is 3.78. The molecule has 0 aliphatic carbocycles. The summed E-state index contributed by atoms with van der Waals surface area (Å²) in [4.78, 5) is 10.8. The van der Waals surface area contributed by atoms with Gasteiger partial charge in [0.15, 0.2) is 0 Å². The Bertz CT molecular complexity index is 174. The van der Waals surface area contributed by atoms with Crippen molar-refractivity contribution in [2.24, 2.45) is 5.92 Å². The minimum atomic E-state index is -0.286.